The number of amides is 1. The van der Waals surface area contributed by atoms with Crippen LogP contribution in [0, 0.1) is 6.92 Å². The van der Waals surface area contributed by atoms with Gasteiger partial charge in [-0.25, -0.2) is 5.01 Å². The molecule has 2 atom stereocenters. The average molecular weight is 493 g/mol. The Morgan fingerprint density at radius 3 is 2.53 bits per heavy atom. The fourth-order valence-electron chi connectivity index (χ4n) is 3.69. The van der Waals surface area contributed by atoms with Gasteiger partial charge in [-0.1, -0.05) is 53.2 Å². The van der Waals surface area contributed by atoms with E-state index in [2.05, 4.69) is 15.3 Å². The molecule has 2 unspecified atom stereocenters. The molecule has 5 rings (SSSR count). The molecule has 2 aromatic heterocycles. The number of carbonyl (C=O) groups excluding carboxylic acids is 1. The summed E-state index contributed by atoms with van der Waals surface area (Å²) in [7, 11) is 0. The van der Waals surface area contributed by atoms with Crippen molar-refractivity contribution in [3.8, 4) is 11.5 Å². The van der Waals surface area contributed by atoms with E-state index >= 15 is 0 Å². The summed E-state index contributed by atoms with van der Waals surface area (Å²) >= 11 is 7.24. The average Bonchev–Trinajstić information content (AvgIpc) is 3.60. The van der Waals surface area contributed by atoms with Crippen molar-refractivity contribution in [1.29, 1.82) is 0 Å². The highest BCUT2D eigenvalue weighted by Crippen LogP contribution is 2.36. The minimum absolute atomic E-state index is 0.176. The van der Waals surface area contributed by atoms with E-state index in [0.29, 0.717) is 28.3 Å². The standard InChI is InChI=1S/C25H21ClN4O3S/c1-15-5-7-18(8-6-15)23-27-28-25(33-23)34-16(2)24(31)30-21(22-4-3-13-32-22)14-20(29-30)17-9-11-19(26)12-10-17/h3-13,16,21H,14H2,1-2H3. The number of furan rings is 1. The second kappa shape index (κ2) is 9.48. The molecule has 3 heterocycles. The molecule has 7 nitrogen and oxygen atoms in total. The number of hydrogen-bond donors (Lipinski definition) is 0. The maximum absolute atomic E-state index is 13.4. The number of carbonyl (C=O) groups is 1. The maximum Gasteiger partial charge on any atom is 0.277 e. The van der Waals surface area contributed by atoms with Gasteiger partial charge >= 0.3 is 0 Å². The SMILES string of the molecule is Cc1ccc(-c2nnc(SC(C)C(=O)N3N=C(c4ccc(Cl)cc4)CC3c3ccco3)o2)cc1. The second-order valence-electron chi connectivity index (χ2n) is 7.97. The summed E-state index contributed by atoms with van der Waals surface area (Å²) in [6.07, 6.45) is 2.14. The summed E-state index contributed by atoms with van der Waals surface area (Å²) in [5, 5.41) is 14.9. The lowest BCUT2D eigenvalue weighted by atomic mass is 10.0. The highest BCUT2D eigenvalue weighted by molar-refractivity contribution is 8.00. The van der Waals surface area contributed by atoms with Crippen molar-refractivity contribution < 1.29 is 13.6 Å². The molecule has 0 spiro atoms. The van der Waals surface area contributed by atoms with Crippen LogP contribution in [0.5, 0.6) is 0 Å². The van der Waals surface area contributed by atoms with Crippen molar-refractivity contribution in [2.45, 2.75) is 36.8 Å². The van der Waals surface area contributed by atoms with Gasteiger partial charge in [0.05, 0.1) is 17.2 Å². The van der Waals surface area contributed by atoms with E-state index in [9.17, 15) is 4.79 Å². The van der Waals surface area contributed by atoms with Crippen LogP contribution < -0.4 is 0 Å². The summed E-state index contributed by atoms with van der Waals surface area (Å²) in [5.74, 6) is 0.919. The number of rotatable bonds is 6. The summed E-state index contributed by atoms with van der Waals surface area (Å²) in [5.41, 5.74) is 3.69. The van der Waals surface area contributed by atoms with Gasteiger partial charge in [-0.3, -0.25) is 4.79 Å². The second-order valence-corrected chi connectivity index (χ2v) is 9.70. The van der Waals surface area contributed by atoms with Crippen LogP contribution in [0.15, 0.2) is 86.1 Å². The van der Waals surface area contributed by atoms with Gasteiger partial charge < -0.3 is 8.83 Å². The normalized spacial score (nSPS) is 16.5. The molecule has 4 aromatic rings. The topological polar surface area (TPSA) is 84.7 Å². The molecule has 0 N–H and O–H groups in total. The Labute approximate surface area is 205 Å². The maximum atomic E-state index is 13.4. The Hall–Kier alpha value is -3.36. The smallest absolute Gasteiger partial charge is 0.277 e. The van der Waals surface area contributed by atoms with Gasteiger partial charge in [0.2, 0.25) is 5.89 Å². The first-order valence-electron chi connectivity index (χ1n) is 10.7. The zero-order valence-electron chi connectivity index (χ0n) is 18.5. The first-order valence-corrected chi connectivity index (χ1v) is 12.0. The quantitative estimate of drug-likeness (QED) is 0.300. The van der Waals surface area contributed by atoms with Gasteiger partial charge in [0, 0.05) is 17.0 Å². The van der Waals surface area contributed by atoms with Crippen molar-refractivity contribution >= 4 is 35.0 Å². The largest absolute Gasteiger partial charge is 0.467 e. The van der Waals surface area contributed by atoms with Crippen LogP contribution in [0.1, 0.15) is 36.3 Å². The Bertz CT molecular complexity index is 1320. The molecule has 34 heavy (non-hydrogen) atoms. The first-order chi connectivity index (χ1) is 16.5. The monoisotopic (exact) mass is 492 g/mol. The number of hydrogen-bond acceptors (Lipinski definition) is 7. The van der Waals surface area contributed by atoms with E-state index in [-0.39, 0.29) is 11.9 Å². The summed E-state index contributed by atoms with van der Waals surface area (Å²) < 4.78 is 11.4. The third-order valence-corrected chi connectivity index (χ3v) is 6.69. The third-order valence-electron chi connectivity index (χ3n) is 5.52. The number of aromatic nitrogens is 2. The van der Waals surface area contributed by atoms with Gasteiger partial charge in [-0.05, 0) is 55.8 Å². The Morgan fingerprint density at radius 2 is 1.82 bits per heavy atom. The van der Waals surface area contributed by atoms with Gasteiger partial charge in [0.25, 0.3) is 11.1 Å². The number of benzene rings is 2. The Morgan fingerprint density at radius 1 is 1.09 bits per heavy atom. The van der Waals surface area contributed by atoms with Crippen molar-refractivity contribution in [3.05, 3.63) is 88.8 Å². The van der Waals surface area contributed by atoms with Gasteiger partial charge in [0.1, 0.15) is 11.8 Å². The zero-order valence-corrected chi connectivity index (χ0v) is 20.1. The molecule has 1 amide bonds. The Kier molecular flexibility index (Phi) is 6.26. The molecule has 9 heteroatoms. The van der Waals surface area contributed by atoms with Crippen LogP contribution in [-0.4, -0.2) is 32.1 Å². The van der Waals surface area contributed by atoms with Crippen molar-refractivity contribution in [1.82, 2.24) is 15.2 Å². The van der Waals surface area contributed by atoms with Gasteiger partial charge in [-0.2, -0.15) is 5.10 Å². The van der Waals surface area contributed by atoms with E-state index in [1.807, 2.05) is 67.6 Å². The van der Waals surface area contributed by atoms with Crippen LogP contribution in [0.2, 0.25) is 5.02 Å². The predicted octanol–water partition coefficient (Wildman–Crippen LogP) is 6.15. The van der Waals surface area contributed by atoms with Gasteiger partial charge in [-0.15, -0.1) is 10.2 Å². The molecule has 0 fully saturated rings. The van der Waals surface area contributed by atoms with Crippen LogP contribution in [0.3, 0.4) is 0 Å². The molecule has 2 aromatic carbocycles. The molecule has 0 radical (unpaired) electrons. The number of nitrogens with zero attached hydrogens (tertiary/aromatic N) is 4. The molecular weight excluding hydrogens is 472 g/mol. The summed E-state index contributed by atoms with van der Waals surface area (Å²) in [6.45, 7) is 3.82. The highest BCUT2D eigenvalue weighted by atomic mass is 35.5. The van der Waals surface area contributed by atoms with Crippen molar-refractivity contribution in [2.24, 2.45) is 5.10 Å². The fourth-order valence-corrected chi connectivity index (χ4v) is 4.54. The predicted molar refractivity (Wildman–Crippen MR) is 131 cm³/mol. The van der Waals surface area contributed by atoms with Gasteiger partial charge in [0.15, 0.2) is 0 Å². The van der Waals surface area contributed by atoms with E-state index < -0.39 is 5.25 Å². The minimum atomic E-state index is -0.503. The van der Waals surface area contributed by atoms with Crippen molar-refractivity contribution in [3.63, 3.8) is 0 Å². The molecule has 1 aliphatic heterocycles. The third kappa shape index (κ3) is 4.64. The molecule has 0 bridgehead atoms. The van der Waals surface area contributed by atoms with Crippen LogP contribution in [-0.2, 0) is 4.79 Å². The summed E-state index contributed by atoms with van der Waals surface area (Å²) in [6, 6.07) is 18.6. The minimum Gasteiger partial charge on any atom is -0.467 e. The van der Waals surface area contributed by atoms with E-state index in [1.54, 1.807) is 13.2 Å². The fraction of sp³-hybridized carbons (Fsp3) is 0.200. The lowest BCUT2D eigenvalue weighted by Crippen LogP contribution is -2.33. The number of hydrazone groups is 1. The van der Waals surface area contributed by atoms with Crippen LogP contribution in [0.25, 0.3) is 11.5 Å². The summed E-state index contributed by atoms with van der Waals surface area (Å²) in [4.78, 5) is 13.4. The zero-order chi connectivity index (χ0) is 23.7. The number of thioether (sulfide) groups is 1. The molecule has 172 valence electrons. The lowest BCUT2D eigenvalue weighted by molar-refractivity contribution is -0.132. The Balaban J connectivity index is 1.35. The molecular formula is C25H21ClN4O3S. The molecule has 0 aliphatic carbocycles. The molecule has 0 saturated heterocycles. The lowest BCUT2D eigenvalue weighted by Gasteiger charge is -2.22. The number of aryl methyl sites for hydroxylation is 1. The van der Waals surface area contributed by atoms with E-state index in [0.717, 1.165) is 22.4 Å². The van der Waals surface area contributed by atoms with Crippen molar-refractivity contribution in [2.75, 3.05) is 0 Å². The van der Waals surface area contributed by atoms with Crippen LogP contribution >= 0.6 is 23.4 Å². The van der Waals surface area contributed by atoms with Crippen LogP contribution in [0.4, 0.5) is 0 Å². The number of halogens is 1. The first kappa shape index (κ1) is 22.4. The van der Waals surface area contributed by atoms with E-state index in [1.165, 1.54) is 16.8 Å². The molecule has 1 aliphatic rings. The van der Waals surface area contributed by atoms with E-state index in [4.69, 9.17) is 20.4 Å². The molecule has 0 saturated carbocycles. The highest BCUT2D eigenvalue weighted by Gasteiger charge is 2.37.